The van der Waals surface area contributed by atoms with Crippen LogP contribution in [0.15, 0.2) is 88.2 Å². The van der Waals surface area contributed by atoms with E-state index >= 15 is 0 Å². The highest BCUT2D eigenvalue weighted by atomic mass is 79.9. The van der Waals surface area contributed by atoms with Gasteiger partial charge in [-0.2, -0.15) is 0 Å². The maximum atomic E-state index is 13.8. The zero-order valence-corrected chi connectivity index (χ0v) is 23.9. The molecule has 1 N–H and O–H groups in total. The van der Waals surface area contributed by atoms with Gasteiger partial charge in [0.15, 0.2) is 0 Å². The number of halogens is 1. The largest absolute Gasteiger partial charge is 0.354 e. The van der Waals surface area contributed by atoms with E-state index in [9.17, 15) is 28.1 Å². The Bertz CT molecular complexity index is 1430. The molecule has 10 nitrogen and oxygen atoms in total. The summed E-state index contributed by atoms with van der Waals surface area (Å²) in [5, 5.41) is 14.2. The molecule has 0 aliphatic carbocycles. The van der Waals surface area contributed by atoms with Crippen molar-refractivity contribution in [2.24, 2.45) is 0 Å². The van der Waals surface area contributed by atoms with Crippen molar-refractivity contribution in [3.63, 3.8) is 0 Å². The SMILES string of the molecule is CCCNC(=O)[C@H](C)N(Cc1cccc(Br)c1)C(=O)CN(c1cccc([N+](=O)[O-])c1)S(=O)(=O)c1ccccc1. The lowest BCUT2D eigenvalue weighted by atomic mass is 10.1. The molecule has 0 radical (unpaired) electrons. The van der Waals surface area contributed by atoms with Gasteiger partial charge in [0.1, 0.15) is 12.6 Å². The van der Waals surface area contributed by atoms with E-state index in [0.717, 1.165) is 20.4 Å². The summed E-state index contributed by atoms with van der Waals surface area (Å²) >= 11 is 3.41. The van der Waals surface area contributed by atoms with E-state index < -0.39 is 33.4 Å². The van der Waals surface area contributed by atoms with Gasteiger partial charge in [-0.25, -0.2) is 8.42 Å². The van der Waals surface area contributed by atoms with Gasteiger partial charge >= 0.3 is 0 Å². The first-order chi connectivity index (χ1) is 18.5. The molecule has 206 valence electrons. The molecule has 3 aromatic carbocycles. The molecule has 0 saturated carbocycles. The molecule has 0 bridgehead atoms. The minimum atomic E-state index is -4.31. The minimum Gasteiger partial charge on any atom is -0.354 e. The lowest BCUT2D eigenvalue weighted by molar-refractivity contribution is -0.384. The molecule has 3 aromatic rings. The van der Waals surface area contributed by atoms with Crippen molar-refractivity contribution in [3.8, 4) is 0 Å². The minimum absolute atomic E-state index is 0.0349. The van der Waals surface area contributed by atoms with Crippen LogP contribution in [0.4, 0.5) is 11.4 Å². The van der Waals surface area contributed by atoms with E-state index in [-0.39, 0.29) is 28.7 Å². The quantitative estimate of drug-likeness (QED) is 0.236. The molecule has 0 aliphatic heterocycles. The Morgan fingerprint density at radius 3 is 2.36 bits per heavy atom. The predicted octanol–water partition coefficient (Wildman–Crippen LogP) is 4.50. The van der Waals surface area contributed by atoms with Crippen LogP contribution >= 0.6 is 15.9 Å². The molecule has 0 fully saturated rings. The summed E-state index contributed by atoms with van der Waals surface area (Å²) in [4.78, 5) is 38.7. The summed E-state index contributed by atoms with van der Waals surface area (Å²) in [6.07, 6.45) is 0.702. The number of carbonyl (C=O) groups excluding carboxylic acids is 2. The maximum Gasteiger partial charge on any atom is 0.271 e. The number of hydrogen-bond acceptors (Lipinski definition) is 6. The normalized spacial score (nSPS) is 11.9. The Kier molecular flexibility index (Phi) is 10.2. The van der Waals surface area contributed by atoms with Crippen LogP contribution in [0.3, 0.4) is 0 Å². The molecular weight excluding hydrogens is 588 g/mol. The number of nitro groups is 1. The van der Waals surface area contributed by atoms with Gasteiger partial charge in [0.05, 0.1) is 15.5 Å². The molecule has 0 spiro atoms. The Labute approximate surface area is 236 Å². The average Bonchev–Trinajstić information content (AvgIpc) is 2.93. The van der Waals surface area contributed by atoms with Crippen LogP contribution in [-0.2, 0) is 26.2 Å². The molecule has 0 aliphatic rings. The molecule has 0 unspecified atom stereocenters. The Hall–Kier alpha value is -3.77. The summed E-state index contributed by atoms with van der Waals surface area (Å²) in [7, 11) is -4.31. The van der Waals surface area contributed by atoms with Gasteiger partial charge in [-0.3, -0.25) is 24.0 Å². The number of amides is 2. The van der Waals surface area contributed by atoms with Gasteiger partial charge in [-0.15, -0.1) is 0 Å². The number of rotatable bonds is 12. The number of carbonyl (C=O) groups is 2. The van der Waals surface area contributed by atoms with Crippen molar-refractivity contribution in [1.29, 1.82) is 0 Å². The molecule has 0 saturated heterocycles. The van der Waals surface area contributed by atoms with Crippen molar-refractivity contribution in [1.82, 2.24) is 10.2 Å². The van der Waals surface area contributed by atoms with Gasteiger partial charge in [-0.1, -0.05) is 59.3 Å². The lowest BCUT2D eigenvalue weighted by Crippen LogP contribution is -2.51. The van der Waals surface area contributed by atoms with Crippen LogP contribution in [0.2, 0.25) is 0 Å². The van der Waals surface area contributed by atoms with Gasteiger partial charge in [0.2, 0.25) is 11.8 Å². The number of sulfonamides is 1. The number of nitro benzene ring substituents is 1. The Balaban J connectivity index is 2.05. The zero-order valence-electron chi connectivity index (χ0n) is 21.5. The molecule has 0 aromatic heterocycles. The van der Waals surface area contributed by atoms with Crippen LogP contribution in [0.25, 0.3) is 0 Å². The fourth-order valence-corrected chi connectivity index (χ4v) is 5.69. The van der Waals surface area contributed by atoms with Gasteiger partial charge < -0.3 is 10.2 Å². The number of benzene rings is 3. The molecule has 12 heteroatoms. The highest BCUT2D eigenvalue weighted by Gasteiger charge is 2.33. The van der Waals surface area contributed by atoms with Crippen LogP contribution < -0.4 is 9.62 Å². The highest BCUT2D eigenvalue weighted by Crippen LogP contribution is 2.27. The smallest absolute Gasteiger partial charge is 0.271 e. The van der Waals surface area contributed by atoms with Crippen molar-refractivity contribution in [2.75, 3.05) is 17.4 Å². The van der Waals surface area contributed by atoms with E-state index in [1.165, 1.54) is 35.2 Å². The van der Waals surface area contributed by atoms with Gasteiger partial charge in [-0.05, 0) is 49.2 Å². The second-order valence-corrected chi connectivity index (χ2v) is 11.5. The molecular formula is C27H29BrN4O6S. The monoisotopic (exact) mass is 616 g/mol. The summed E-state index contributed by atoms with van der Waals surface area (Å²) in [6.45, 7) is 3.25. The van der Waals surface area contributed by atoms with E-state index in [4.69, 9.17) is 0 Å². The third-order valence-electron chi connectivity index (χ3n) is 5.90. The van der Waals surface area contributed by atoms with Crippen molar-refractivity contribution < 1.29 is 22.9 Å². The number of anilines is 1. The molecule has 39 heavy (non-hydrogen) atoms. The maximum absolute atomic E-state index is 13.8. The molecule has 2 amide bonds. The van der Waals surface area contributed by atoms with E-state index in [1.54, 1.807) is 43.3 Å². The highest BCUT2D eigenvalue weighted by molar-refractivity contribution is 9.10. The Morgan fingerprint density at radius 1 is 1.03 bits per heavy atom. The van der Waals surface area contributed by atoms with E-state index in [2.05, 4.69) is 21.2 Å². The third kappa shape index (κ3) is 7.64. The van der Waals surface area contributed by atoms with Crippen LogP contribution in [0.1, 0.15) is 25.8 Å². The van der Waals surface area contributed by atoms with Crippen LogP contribution in [-0.4, -0.2) is 49.2 Å². The average molecular weight is 618 g/mol. The van der Waals surface area contributed by atoms with Gasteiger partial charge in [0.25, 0.3) is 15.7 Å². The van der Waals surface area contributed by atoms with Crippen molar-refractivity contribution in [3.05, 3.63) is 99.0 Å². The topological polar surface area (TPSA) is 130 Å². The summed E-state index contributed by atoms with van der Waals surface area (Å²) < 4.78 is 29.1. The second kappa shape index (κ2) is 13.3. The zero-order chi connectivity index (χ0) is 28.6. The second-order valence-electron chi connectivity index (χ2n) is 8.72. The van der Waals surface area contributed by atoms with E-state index in [1.807, 2.05) is 13.0 Å². The number of non-ortho nitro benzene ring substituents is 1. The third-order valence-corrected chi connectivity index (χ3v) is 8.18. The lowest BCUT2D eigenvalue weighted by Gasteiger charge is -2.32. The summed E-state index contributed by atoms with van der Waals surface area (Å²) in [6, 6.07) is 18.9. The molecule has 3 rings (SSSR count). The fraction of sp³-hybridized carbons (Fsp3) is 0.259. The van der Waals surface area contributed by atoms with Gasteiger partial charge in [0, 0.05) is 29.7 Å². The first-order valence-electron chi connectivity index (χ1n) is 12.2. The Morgan fingerprint density at radius 2 is 1.72 bits per heavy atom. The van der Waals surface area contributed by atoms with Crippen LogP contribution in [0.5, 0.6) is 0 Å². The fourth-order valence-electron chi connectivity index (χ4n) is 3.82. The number of hydrogen-bond donors (Lipinski definition) is 1. The molecule has 1 atom stereocenters. The first-order valence-corrected chi connectivity index (χ1v) is 14.4. The van der Waals surface area contributed by atoms with Crippen molar-refractivity contribution in [2.45, 2.75) is 37.8 Å². The standard InChI is InChI=1S/C27H29BrN4O6S/c1-3-15-29-27(34)20(2)30(18-21-9-7-10-22(28)16-21)26(33)19-31(23-11-8-12-24(17-23)32(35)36)39(37,38)25-13-5-4-6-14-25/h4-14,16-17,20H,3,15,18-19H2,1-2H3,(H,29,34)/t20-/m0/s1. The van der Waals surface area contributed by atoms with Crippen LogP contribution in [0, 0.1) is 10.1 Å². The first kappa shape index (κ1) is 29.8. The summed E-state index contributed by atoms with van der Waals surface area (Å²) in [5.74, 6) is -1.03. The van der Waals surface area contributed by atoms with E-state index in [0.29, 0.717) is 13.0 Å². The predicted molar refractivity (Wildman–Crippen MR) is 152 cm³/mol. The van der Waals surface area contributed by atoms with Crippen molar-refractivity contribution >= 4 is 49.1 Å². The number of nitrogens with zero attached hydrogens (tertiary/aromatic N) is 3. The summed E-state index contributed by atoms with van der Waals surface area (Å²) in [5.41, 5.74) is 0.346. The molecule has 0 heterocycles. The number of nitrogens with one attached hydrogen (secondary N) is 1.